The van der Waals surface area contributed by atoms with Crippen molar-refractivity contribution in [3.05, 3.63) is 33.9 Å². The first-order valence-corrected chi connectivity index (χ1v) is 3.87. The van der Waals surface area contributed by atoms with Crippen LogP contribution in [-0.4, -0.2) is 0 Å². The van der Waals surface area contributed by atoms with Gasteiger partial charge in [0.1, 0.15) is 30.3 Å². The molecule has 1 aromatic rings. The summed E-state index contributed by atoms with van der Waals surface area (Å²) in [4.78, 5) is 0. The average Bonchev–Trinajstić information content (AvgIpc) is 2.35. The smallest absolute Gasteiger partial charge is 0.102 e. The van der Waals surface area contributed by atoms with Gasteiger partial charge in [0.05, 0.1) is 27.8 Å². The minimum Gasteiger partial charge on any atom is -0.192 e. The number of nitrogens with zero attached hydrogens (tertiary/aromatic N) is 5. The lowest BCUT2D eigenvalue weighted by Crippen LogP contribution is -1.98. The van der Waals surface area contributed by atoms with Crippen LogP contribution in [0.3, 0.4) is 0 Å². The van der Waals surface area contributed by atoms with E-state index in [1.54, 1.807) is 30.3 Å². The summed E-state index contributed by atoms with van der Waals surface area (Å²) in [7, 11) is 0. The van der Waals surface area contributed by atoms with Crippen molar-refractivity contribution in [2.24, 2.45) is 0 Å². The summed E-state index contributed by atoms with van der Waals surface area (Å²) < 4.78 is 0. The lowest BCUT2D eigenvalue weighted by molar-refractivity contribution is 1.33. The lowest BCUT2D eigenvalue weighted by Gasteiger charge is -2.01. The van der Waals surface area contributed by atoms with E-state index in [4.69, 9.17) is 26.3 Å². The zero-order valence-electron chi connectivity index (χ0n) is 7.74. The molecule has 0 aliphatic heterocycles. The number of hydrogen-bond acceptors (Lipinski definition) is 5. The first-order chi connectivity index (χ1) is 7.73. The van der Waals surface area contributed by atoms with E-state index in [-0.39, 0.29) is 27.8 Å². The Hall–Kier alpha value is -3.33. The zero-order valence-corrected chi connectivity index (χ0v) is 7.74. The minimum atomic E-state index is -0.253. The summed E-state index contributed by atoms with van der Waals surface area (Å²) in [6.07, 6.45) is 0. The van der Waals surface area contributed by atoms with Crippen LogP contribution in [0.5, 0.6) is 0 Å². The van der Waals surface area contributed by atoms with E-state index in [2.05, 4.69) is 6.07 Å². The zero-order chi connectivity index (χ0) is 12.1. The highest BCUT2D eigenvalue weighted by Gasteiger charge is 2.18. The van der Waals surface area contributed by atoms with E-state index in [0.29, 0.717) is 0 Å². The summed E-state index contributed by atoms with van der Waals surface area (Å²) in [5.74, 6) is 0. The Balaban J connectivity index is 3.93. The largest absolute Gasteiger partial charge is 0.192 e. The fraction of sp³-hybridized carbons (Fsp3) is 0. The topological polar surface area (TPSA) is 119 Å². The van der Waals surface area contributed by atoms with Gasteiger partial charge < -0.3 is 0 Å². The predicted molar refractivity (Wildman–Crippen MR) is 48.9 cm³/mol. The fourth-order valence-electron chi connectivity index (χ4n) is 1.13. The van der Waals surface area contributed by atoms with Crippen molar-refractivity contribution >= 4 is 0 Å². The molecule has 0 heterocycles. The standard InChI is InChI=1S/C11N5/c12-2-7-1-8(3-13)10(5-15)11(6-16)9(7)4-14. The molecule has 5 nitrogen and oxygen atoms in total. The van der Waals surface area contributed by atoms with Gasteiger partial charge in [-0.1, -0.05) is 0 Å². The van der Waals surface area contributed by atoms with E-state index in [1.165, 1.54) is 0 Å². The monoisotopic (exact) mass is 202 g/mol. The van der Waals surface area contributed by atoms with Crippen LogP contribution < -0.4 is 0 Å². The van der Waals surface area contributed by atoms with Crippen LogP contribution in [0, 0.1) is 62.7 Å². The van der Waals surface area contributed by atoms with Gasteiger partial charge in [0.25, 0.3) is 0 Å². The molecule has 1 rings (SSSR count). The first-order valence-electron chi connectivity index (χ1n) is 3.87. The minimum absolute atomic E-state index is 0.199. The van der Waals surface area contributed by atoms with Crippen molar-refractivity contribution in [2.45, 2.75) is 0 Å². The molecule has 69 valence electrons. The van der Waals surface area contributed by atoms with E-state index in [9.17, 15) is 0 Å². The summed E-state index contributed by atoms with van der Waals surface area (Å²) >= 11 is 0. The van der Waals surface area contributed by atoms with Crippen molar-refractivity contribution in [3.8, 4) is 30.3 Å². The van der Waals surface area contributed by atoms with Gasteiger partial charge in [0.2, 0.25) is 0 Å². The van der Waals surface area contributed by atoms with E-state index < -0.39 is 0 Å². The van der Waals surface area contributed by atoms with Crippen LogP contribution in [0.15, 0.2) is 0 Å². The molecule has 0 amide bonds. The van der Waals surface area contributed by atoms with Gasteiger partial charge in [-0.15, -0.1) is 0 Å². The average molecular weight is 202 g/mol. The fourth-order valence-corrected chi connectivity index (χ4v) is 1.13. The molecule has 16 heavy (non-hydrogen) atoms. The summed E-state index contributed by atoms with van der Waals surface area (Å²) in [5.41, 5.74) is -1.10. The quantitative estimate of drug-likeness (QED) is 0.617. The number of nitriles is 5. The molecule has 0 N–H and O–H groups in total. The molecule has 0 aliphatic carbocycles. The maximum absolute atomic E-state index is 8.82. The number of hydrogen-bond donors (Lipinski definition) is 0. The highest BCUT2D eigenvalue weighted by atomic mass is 14.3. The van der Waals surface area contributed by atoms with E-state index >= 15 is 0 Å². The molecule has 0 saturated carbocycles. The summed E-state index contributed by atoms with van der Waals surface area (Å²) in [6, 6.07) is 10.6. The molecule has 0 unspecified atom stereocenters. The van der Waals surface area contributed by atoms with Gasteiger partial charge in [0, 0.05) is 6.07 Å². The summed E-state index contributed by atoms with van der Waals surface area (Å²) in [6.45, 7) is 0. The molecule has 0 saturated heterocycles. The van der Waals surface area contributed by atoms with Crippen LogP contribution in [0.4, 0.5) is 0 Å². The van der Waals surface area contributed by atoms with Crippen LogP contribution in [0.25, 0.3) is 0 Å². The molecule has 0 aromatic heterocycles. The van der Waals surface area contributed by atoms with Crippen molar-refractivity contribution < 1.29 is 0 Å². The van der Waals surface area contributed by atoms with Crippen molar-refractivity contribution in [3.63, 3.8) is 0 Å². The van der Waals surface area contributed by atoms with Gasteiger partial charge in [0.15, 0.2) is 0 Å². The van der Waals surface area contributed by atoms with Gasteiger partial charge in [-0.05, 0) is 0 Å². The van der Waals surface area contributed by atoms with Crippen molar-refractivity contribution in [1.29, 1.82) is 26.3 Å². The van der Waals surface area contributed by atoms with Crippen molar-refractivity contribution in [2.75, 3.05) is 0 Å². The normalized spacial score (nSPS) is 7.69. The van der Waals surface area contributed by atoms with E-state index in [0.717, 1.165) is 0 Å². The Morgan fingerprint density at radius 1 is 0.562 bits per heavy atom. The van der Waals surface area contributed by atoms with Crippen LogP contribution in [0.2, 0.25) is 0 Å². The van der Waals surface area contributed by atoms with Crippen molar-refractivity contribution in [1.82, 2.24) is 0 Å². The second kappa shape index (κ2) is 4.26. The highest BCUT2D eigenvalue weighted by molar-refractivity contribution is 5.66. The maximum Gasteiger partial charge on any atom is 0.102 e. The van der Waals surface area contributed by atoms with Crippen LogP contribution in [0.1, 0.15) is 27.8 Å². The molecule has 0 spiro atoms. The Kier molecular flexibility index (Phi) is 2.86. The first kappa shape index (κ1) is 10.7. The molecule has 1 aromatic carbocycles. The molecule has 0 bridgehead atoms. The third-order valence-electron chi connectivity index (χ3n) is 1.81. The van der Waals surface area contributed by atoms with E-state index in [1.807, 2.05) is 0 Å². The molecule has 1 radical (unpaired) electrons. The summed E-state index contributed by atoms with van der Waals surface area (Å²) in [5, 5.41) is 43.8. The Bertz CT molecular complexity index is 615. The third kappa shape index (κ3) is 1.40. The SMILES string of the molecule is N#Cc1[c]c(C#N)c(C#N)c(C#N)c1C#N. The third-order valence-corrected chi connectivity index (χ3v) is 1.81. The predicted octanol–water partition coefficient (Wildman–Crippen LogP) is 0.845. The van der Waals surface area contributed by atoms with Gasteiger partial charge in [-0.25, -0.2) is 0 Å². The van der Waals surface area contributed by atoms with Crippen LogP contribution >= 0.6 is 0 Å². The molecule has 5 heteroatoms. The molecular formula is C11N5. The maximum atomic E-state index is 8.82. The number of benzene rings is 1. The second-order valence-electron chi connectivity index (χ2n) is 2.56. The van der Waals surface area contributed by atoms with Crippen LogP contribution in [-0.2, 0) is 0 Å². The van der Waals surface area contributed by atoms with Gasteiger partial charge in [-0.3, -0.25) is 0 Å². The highest BCUT2D eigenvalue weighted by Crippen LogP contribution is 2.20. The second-order valence-corrected chi connectivity index (χ2v) is 2.56. The Labute approximate surface area is 91.2 Å². The van der Waals surface area contributed by atoms with Gasteiger partial charge >= 0.3 is 0 Å². The lowest BCUT2D eigenvalue weighted by atomic mass is 9.94. The number of rotatable bonds is 0. The molecule has 0 atom stereocenters. The Morgan fingerprint density at radius 2 is 0.938 bits per heavy atom. The molecule has 0 aliphatic rings. The molecule has 0 fully saturated rings. The Morgan fingerprint density at radius 3 is 1.19 bits per heavy atom. The van der Waals surface area contributed by atoms with Gasteiger partial charge in [-0.2, -0.15) is 26.3 Å². The molecular weight excluding hydrogens is 202 g/mol.